The molecule has 2 bridgehead atoms. The lowest BCUT2D eigenvalue weighted by Crippen LogP contribution is -2.68. The van der Waals surface area contributed by atoms with E-state index in [-0.39, 0.29) is 16.8 Å². The van der Waals surface area contributed by atoms with Crippen LogP contribution in [0.25, 0.3) is 0 Å². The first-order valence-electron chi connectivity index (χ1n) is 11.5. The fourth-order valence-electron chi connectivity index (χ4n) is 5.71. The monoisotopic (exact) mass is 560 g/mol. The van der Waals surface area contributed by atoms with Crippen LogP contribution < -0.4 is 5.32 Å². The molecule has 2 aromatic heterocycles. The van der Waals surface area contributed by atoms with E-state index < -0.39 is 45.5 Å². The molecule has 13 heteroatoms. The molecule has 1 N–H and O–H groups in total. The number of amidine groups is 1. The van der Waals surface area contributed by atoms with E-state index in [9.17, 15) is 18.4 Å². The van der Waals surface area contributed by atoms with Crippen LogP contribution in [0, 0.1) is 17.0 Å². The molecule has 3 aromatic rings. The van der Waals surface area contributed by atoms with Crippen molar-refractivity contribution >= 4 is 40.7 Å². The van der Waals surface area contributed by atoms with Crippen molar-refractivity contribution in [2.24, 2.45) is 10.4 Å². The van der Waals surface area contributed by atoms with Crippen LogP contribution in [0.4, 0.5) is 8.78 Å². The molecule has 1 aromatic carbocycles. The molecular formula is C25H19ClF2N4O5S. The number of benzene rings is 1. The first kappa shape index (κ1) is 24.7. The van der Waals surface area contributed by atoms with Crippen molar-refractivity contribution < 1.29 is 32.3 Å². The lowest BCUT2D eigenvalue weighted by Gasteiger charge is -2.70. The summed E-state index contributed by atoms with van der Waals surface area (Å²) in [4.78, 5) is 38.3. The number of carbonyl (C=O) groups is 2. The fourth-order valence-corrected chi connectivity index (χ4v) is 6.56. The van der Waals surface area contributed by atoms with Crippen LogP contribution in [0.5, 0.6) is 0 Å². The van der Waals surface area contributed by atoms with E-state index in [0.717, 1.165) is 6.07 Å². The third-order valence-corrected chi connectivity index (χ3v) is 8.52. The number of carbonyl (C=O) groups excluding carboxylic acids is 2. The molecule has 0 saturated heterocycles. The lowest BCUT2D eigenvalue weighted by atomic mass is 9.33. The second-order valence-corrected chi connectivity index (χ2v) is 10.8. The Balaban J connectivity index is 1.43. The number of ether oxygens (including phenoxy) is 2. The predicted molar refractivity (Wildman–Crippen MR) is 131 cm³/mol. The Labute approximate surface area is 223 Å². The van der Waals surface area contributed by atoms with E-state index in [0.29, 0.717) is 41.7 Å². The Kier molecular flexibility index (Phi) is 5.65. The Morgan fingerprint density at radius 3 is 2.55 bits per heavy atom. The number of aromatic nitrogens is 2. The van der Waals surface area contributed by atoms with Crippen molar-refractivity contribution in [1.29, 1.82) is 0 Å². The van der Waals surface area contributed by atoms with Crippen LogP contribution in [0.3, 0.4) is 0 Å². The Morgan fingerprint density at radius 1 is 1.16 bits per heavy atom. The molecular weight excluding hydrogens is 542 g/mol. The molecule has 196 valence electrons. The van der Waals surface area contributed by atoms with Gasteiger partial charge in [-0.2, -0.15) is 0 Å². The lowest BCUT2D eigenvalue weighted by molar-refractivity contribution is -0.140. The molecule has 0 radical (unpaired) electrons. The number of hydrogen-bond acceptors (Lipinski definition) is 10. The first-order chi connectivity index (χ1) is 18.2. The van der Waals surface area contributed by atoms with Crippen molar-refractivity contribution in [2.75, 3.05) is 14.2 Å². The molecule has 3 aliphatic carbocycles. The number of oxazole rings is 1. The van der Waals surface area contributed by atoms with Gasteiger partial charge >= 0.3 is 11.9 Å². The van der Waals surface area contributed by atoms with Crippen LogP contribution in [0.15, 0.2) is 50.7 Å². The maximum absolute atomic E-state index is 14.5. The maximum Gasteiger partial charge on any atom is 0.360 e. The molecule has 7 rings (SSSR count). The number of hydrogen-bond donors (Lipinski definition) is 1. The summed E-state index contributed by atoms with van der Waals surface area (Å²) >= 11 is 7.56. The number of halogens is 3. The van der Waals surface area contributed by atoms with Gasteiger partial charge in [-0.25, -0.2) is 28.3 Å². The molecule has 38 heavy (non-hydrogen) atoms. The van der Waals surface area contributed by atoms with Gasteiger partial charge in [-0.15, -0.1) is 11.3 Å². The molecule has 0 amide bonds. The van der Waals surface area contributed by atoms with E-state index in [1.165, 1.54) is 37.9 Å². The fraction of sp³-hybridized carbons (Fsp3) is 0.320. The summed E-state index contributed by atoms with van der Waals surface area (Å²) in [5.74, 6) is -2.82. The Bertz CT molecular complexity index is 1530. The largest absolute Gasteiger partial charge is 0.466 e. The molecule has 1 atom stereocenters. The van der Waals surface area contributed by atoms with Gasteiger partial charge in [0.15, 0.2) is 28.2 Å². The van der Waals surface area contributed by atoms with Crippen LogP contribution in [-0.2, 0) is 19.7 Å². The highest BCUT2D eigenvalue weighted by atomic mass is 35.5. The van der Waals surface area contributed by atoms with Gasteiger partial charge in [0.05, 0.1) is 24.8 Å². The summed E-state index contributed by atoms with van der Waals surface area (Å²) in [6.45, 7) is 0. The summed E-state index contributed by atoms with van der Waals surface area (Å²) < 4.78 is 43.8. The van der Waals surface area contributed by atoms with Gasteiger partial charge in [0, 0.05) is 33.7 Å². The van der Waals surface area contributed by atoms with Crippen molar-refractivity contribution in [3.05, 3.63) is 80.1 Å². The topological polar surface area (TPSA) is 116 Å². The van der Waals surface area contributed by atoms with Gasteiger partial charge in [-0.3, -0.25) is 4.99 Å². The SMILES string of the molecule is COC(=O)C1=C(C23CC(c4nc(C(=O)OC)co4)(C2)C3)NC(c2nccs2)=NC1c1ccc(F)c(F)c1Cl. The predicted octanol–water partition coefficient (Wildman–Crippen LogP) is 4.49. The van der Waals surface area contributed by atoms with Crippen molar-refractivity contribution in [2.45, 2.75) is 30.7 Å². The number of allylic oxidation sites excluding steroid dienone is 1. The number of rotatable bonds is 6. The molecule has 3 fully saturated rings. The summed E-state index contributed by atoms with van der Waals surface area (Å²) in [6.07, 6.45) is 4.56. The van der Waals surface area contributed by atoms with Crippen molar-refractivity contribution in [3.8, 4) is 0 Å². The van der Waals surface area contributed by atoms with Gasteiger partial charge in [0.1, 0.15) is 12.3 Å². The zero-order valence-corrected chi connectivity index (χ0v) is 21.6. The minimum absolute atomic E-state index is 0.0813. The first-order valence-corrected chi connectivity index (χ1v) is 12.7. The van der Waals surface area contributed by atoms with Crippen LogP contribution >= 0.6 is 22.9 Å². The number of thiazole rings is 1. The second kappa shape index (κ2) is 8.70. The highest BCUT2D eigenvalue weighted by Crippen LogP contribution is 2.76. The highest BCUT2D eigenvalue weighted by molar-refractivity contribution is 7.11. The molecule has 1 aliphatic heterocycles. The molecule has 3 heterocycles. The number of nitrogens with one attached hydrogen (secondary N) is 1. The van der Waals surface area contributed by atoms with Gasteiger partial charge in [-0.05, 0) is 25.3 Å². The molecule has 1 unspecified atom stereocenters. The maximum atomic E-state index is 14.5. The standard InChI is InChI=1S/C25H19ClF2N4O5S/c1-35-21(33)13-7-37-23(30-13)25-8-24(9-25,10-25)18-14(22(34)36-2)17(11-3-4-12(27)16(28)15(11)26)31-19(32-18)20-29-5-6-38-20/h3-7,17H,8-10H2,1-2H3,(H,31,32). The average Bonchev–Trinajstić information content (AvgIpc) is 3.58. The minimum atomic E-state index is -1.23. The van der Waals surface area contributed by atoms with Crippen molar-refractivity contribution in [3.63, 3.8) is 0 Å². The van der Waals surface area contributed by atoms with Crippen LogP contribution in [0.2, 0.25) is 5.02 Å². The number of nitrogens with zero attached hydrogens (tertiary/aromatic N) is 3. The molecule has 9 nitrogen and oxygen atoms in total. The summed E-state index contributed by atoms with van der Waals surface area (Å²) in [6, 6.07) is 1.19. The summed E-state index contributed by atoms with van der Waals surface area (Å²) in [7, 11) is 2.50. The smallest absolute Gasteiger partial charge is 0.360 e. The van der Waals surface area contributed by atoms with Gasteiger partial charge in [0.25, 0.3) is 0 Å². The highest BCUT2D eigenvalue weighted by Gasteiger charge is 2.73. The van der Waals surface area contributed by atoms with Crippen molar-refractivity contribution in [1.82, 2.24) is 15.3 Å². The Morgan fingerprint density at radius 2 is 1.89 bits per heavy atom. The third-order valence-electron chi connectivity index (χ3n) is 7.36. The average molecular weight is 561 g/mol. The zero-order valence-electron chi connectivity index (χ0n) is 20.0. The van der Waals surface area contributed by atoms with E-state index in [2.05, 4.69) is 20.3 Å². The number of methoxy groups -OCH3 is 2. The van der Waals surface area contributed by atoms with Gasteiger partial charge < -0.3 is 19.2 Å². The number of esters is 2. The molecule has 4 aliphatic rings. The van der Waals surface area contributed by atoms with E-state index in [1.807, 2.05) is 0 Å². The van der Waals surface area contributed by atoms with Gasteiger partial charge in [-0.1, -0.05) is 17.7 Å². The van der Waals surface area contributed by atoms with Crippen LogP contribution in [-0.4, -0.2) is 42.0 Å². The second-order valence-electron chi connectivity index (χ2n) is 9.51. The normalized spacial score (nSPS) is 25.6. The number of aliphatic imine (C=N–C) groups is 1. The van der Waals surface area contributed by atoms with E-state index in [4.69, 9.17) is 25.5 Å². The zero-order chi connectivity index (χ0) is 26.8. The summed E-state index contributed by atoms with van der Waals surface area (Å²) in [5.41, 5.74) is 0.000425. The Hall–Kier alpha value is -3.64. The van der Waals surface area contributed by atoms with E-state index >= 15 is 0 Å². The van der Waals surface area contributed by atoms with E-state index in [1.54, 1.807) is 11.6 Å². The molecule has 3 saturated carbocycles. The third kappa shape index (κ3) is 3.50. The van der Waals surface area contributed by atoms with Gasteiger partial charge in [0.2, 0.25) is 5.89 Å². The quantitative estimate of drug-likeness (QED) is 0.346. The minimum Gasteiger partial charge on any atom is -0.466 e. The summed E-state index contributed by atoms with van der Waals surface area (Å²) in [5, 5.41) is 5.14. The molecule has 0 spiro atoms. The van der Waals surface area contributed by atoms with Crippen LogP contribution in [0.1, 0.15) is 52.3 Å².